The summed E-state index contributed by atoms with van der Waals surface area (Å²) in [6.45, 7) is 3.07. The number of aromatic nitrogens is 4. The van der Waals surface area contributed by atoms with Crippen LogP contribution in [0.15, 0.2) is 90.4 Å². The molecular formula is C37H31F2N7O4. The van der Waals surface area contributed by atoms with Crippen LogP contribution in [0.2, 0.25) is 0 Å². The smallest absolute Gasteiger partial charge is 0.266 e. The molecule has 0 atom stereocenters. The van der Waals surface area contributed by atoms with Crippen molar-refractivity contribution in [1.29, 1.82) is 0 Å². The van der Waals surface area contributed by atoms with E-state index in [4.69, 9.17) is 4.74 Å². The fourth-order valence-electron chi connectivity index (χ4n) is 5.81. The number of nitrogens with one attached hydrogen (secondary N) is 3. The summed E-state index contributed by atoms with van der Waals surface area (Å²) in [4.78, 5) is 52.5. The Morgan fingerprint density at radius 2 is 1.84 bits per heavy atom. The second kappa shape index (κ2) is 14.1. The molecular weight excluding hydrogens is 644 g/mol. The van der Waals surface area contributed by atoms with Crippen molar-refractivity contribution in [2.24, 2.45) is 0 Å². The van der Waals surface area contributed by atoms with Crippen LogP contribution in [0.1, 0.15) is 32.7 Å². The number of H-pyrrole nitrogens is 1. The van der Waals surface area contributed by atoms with E-state index in [-0.39, 0.29) is 24.6 Å². The molecule has 3 N–H and O–H groups in total. The second-order valence-corrected chi connectivity index (χ2v) is 11.8. The lowest BCUT2D eigenvalue weighted by Gasteiger charge is -2.27. The first-order chi connectivity index (χ1) is 24.3. The van der Waals surface area contributed by atoms with E-state index in [9.17, 15) is 23.2 Å². The maximum Gasteiger partial charge on any atom is 0.266 e. The molecule has 0 spiro atoms. The van der Waals surface area contributed by atoms with Gasteiger partial charge >= 0.3 is 0 Å². The number of carbonyl (C=O) groups is 2. The zero-order valence-corrected chi connectivity index (χ0v) is 26.7. The van der Waals surface area contributed by atoms with Gasteiger partial charge in [-0.25, -0.2) is 18.7 Å². The molecule has 7 rings (SSSR count). The number of nitrogens with zero attached hydrogens (tertiary/aromatic N) is 4. The highest BCUT2D eigenvalue weighted by Crippen LogP contribution is 2.34. The first-order valence-corrected chi connectivity index (χ1v) is 15.9. The molecule has 2 aliphatic rings. The minimum atomic E-state index is -1.03. The maximum atomic E-state index is 13.6. The van der Waals surface area contributed by atoms with Gasteiger partial charge in [-0.15, -0.1) is 0 Å². The molecule has 3 aromatic heterocycles. The number of amides is 2. The highest BCUT2D eigenvalue weighted by molar-refractivity contribution is 6.35. The Morgan fingerprint density at radius 1 is 0.980 bits per heavy atom. The normalized spacial score (nSPS) is 15.0. The lowest BCUT2D eigenvalue weighted by molar-refractivity contribution is -0.110. The van der Waals surface area contributed by atoms with Gasteiger partial charge in [0, 0.05) is 66.3 Å². The van der Waals surface area contributed by atoms with Crippen LogP contribution in [0, 0.1) is 11.6 Å². The quantitative estimate of drug-likeness (QED) is 0.192. The first-order valence-electron chi connectivity index (χ1n) is 15.9. The predicted molar refractivity (Wildman–Crippen MR) is 185 cm³/mol. The van der Waals surface area contributed by atoms with Gasteiger partial charge in [0.2, 0.25) is 0 Å². The van der Waals surface area contributed by atoms with Crippen molar-refractivity contribution in [1.82, 2.24) is 24.8 Å². The molecule has 5 heterocycles. The van der Waals surface area contributed by atoms with Crippen molar-refractivity contribution >= 4 is 41.0 Å². The van der Waals surface area contributed by atoms with Crippen molar-refractivity contribution in [2.45, 2.75) is 6.54 Å². The zero-order chi connectivity index (χ0) is 34.6. The molecule has 0 saturated carbocycles. The first kappa shape index (κ1) is 32.3. The van der Waals surface area contributed by atoms with Crippen LogP contribution in [0.5, 0.6) is 0 Å². The minimum Gasteiger partial charge on any atom is -0.378 e. The number of hydrogen-bond donors (Lipinski definition) is 3. The van der Waals surface area contributed by atoms with E-state index >= 15 is 0 Å². The third-order valence-corrected chi connectivity index (χ3v) is 8.42. The Hall–Kier alpha value is -6.21. The number of fused-ring (bicyclic) bond motifs is 1. The van der Waals surface area contributed by atoms with Gasteiger partial charge in [-0.1, -0.05) is 30.4 Å². The topological polar surface area (TPSA) is 134 Å². The van der Waals surface area contributed by atoms with Crippen LogP contribution in [0.3, 0.4) is 0 Å². The molecule has 0 unspecified atom stereocenters. The van der Waals surface area contributed by atoms with E-state index in [1.165, 1.54) is 12.4 Å². The van der Waals surface area contributed by atoms with Gasteiger partial charge in [-0.3, -0.25) is 19.0 Å². The summed E-state index contributed by atoms with van der Waals surface area (Å²) in [6, 6.07) is 14.9. The van der Waals surface area contributed by atoms with Gasteiger partial charge in [0.15, 0.2) is 11.6 Å². The Labute approximate surface area is 285 Å². The fraction of sp³-hybridized carbons (Fsp3) is 0.162. The van der Waals surface area contributed by atoms with Gasteiger partial charge < -0.3 is 25.3 Å². The summed E-state index contributed by atoms with van der Waals surface area (Å²) in [5, 5.41) is 5.58. The van der Waals surface area contributed by atoms with E-state index in [2.05, 4.69) is 30.5 Å². The summed E-state index contributed by atoms with van der Waals surface area (Å²) < 4.78 is 33.4. The van der Waals surface area contributed by atoms with Gasteiger partial charge in [-0.2, -0.15) is 0 Å². The van der Waals surface area contributed by atoms with E-state index in [1.807, 2.05) is 54.9 Å². The third-order valence-electron chi connectivity index (χ3n) is 8.42. The fourth-order valence-corrected chi connectivity index (χ4v) is 5.81. The summed E-state index contributed by atoms with van der Waals surface area (Å²) in [6.07, 6.45) is 11.4. The summed E-state index contributed by atoms with van der Waals surface area (Å²) in [5.41, 5.74) is 5.01. The molecule has 252 valence electrons. The van der Waals surface area contributed by atoms with Gasteiger partial charge in [0.25, 0.3) is 17.4 Å². The molecule has 11 nitrogen and oxygen atoms in total. The number of pyridine rings is 1. The molecule has 50 heavy (non-hydrogen) atoms. The molecule has 5 aromatic rings. The summed E-state index contributed by atoms with van der Waals surface area (Å²) in [7, 11) is 0. The van der Waals surface area contributed by atoms with Crippen molar-refractivity contribution in [3.8, 4) is 11.1 Å². The summed E-state index contributed by atoms with van der Waals surface area (Å²) >= 11 is 0. The maximum absolute atomic E-state index is 13.6. The Kier molecular flexibility index (Phi) is 9.12. The third kappa shape index (κ3) is 6.98. The van der Waals surface area contributed by atoms with Crippen molar-refractivity contribution < 1.29 is 23.1 Å². The number of halogens is 2. The van der Waals surface area contributed by atoms with Crippen LogP contribution >= 0.6 is 0 Å². The molecule has 2 aromatic carbocycles. The van der Waals surface area contributed by atoms with Crippen molar-refractivity contribution in [3.63, 3.8) is 0 Å². The van der Waals surface area contributed by atoms with Crippen molar-refractivity contribution in [3.05, 3.63) is 136 Å². The zero-order valence-electron chi connectivity index (χ0n) is 26.7. The van der Waals surface area contributed by atoms with Crippen LogP contribution in [0.25, 0.3) is 28.9 Å². The van der Waals surface area contributed by atoms with E-state index in [1.54, 1.807) is 12.2 Å². The molecule has 2 aliphatic heterocycles. The van der Waals surface area contributed by atoms with Gasteiger partial charge in [-0.05, 0) is 53.6 Å². The highest BCUT2D eigenvalue weighted by atomic mass is 19.2. The van der Waals surface area contributed by atoms with Gasteiger partial charge in [0.1, 0.15) is 11.4 Å². The second-order valence-electron chi connectivity index (χ2n) is 11.8. The average molecular weight is 676 g/mol. The molecule has 1 saturated heterocycles. The van der Waals surface area contributed by atoms with Crippen LogP contribution in [0.4, 0.5) is 20.3 Å². The Morgan fingerprint density at radius 3 is 2.64 bits per heavy atom. The van der Waals surface area contributed by atoms with E-state index < -0.39 is 23.1 Å². The Balaban J connectivity index is 0.971. The van der Waals surface area contributed by atoms with Gasteiger partial charge in [0.05, 0.1) is 31.7 Å². The number of morpholine rings is 1. The number of carbonyl (C=O) groups excluding carboxylic acids is 2. The molecule has 0 bridgehead atoms. The van der Waals surface area contributed by atoms with Crippen LogP contribution in [-0.4, -0.2) is 64.2 Å². The SMILES string of the molecule is O=C1Nc2cc(/C=C/CNC(=O)c3cncn(Cc4ccc(F)c(F)c4)c3=O)ccc2/C1=C/c1cc(-c2ccc(N3CCOCC3)nc2)c[nH]1. The predicted octanol–water partition coefficient (Wildman–Crippen LogP) is 4.73. The van der Waals surface area contributed by atoms with E-state index in [0.29, 0.717) is 30.0 Å². The number of ether oxygens (including phenoxy) is 1. The standard InChI is InChI=1S/C37H31F2N7O4/c38-31-7-4-24(14-32(31)39)21-46-22-40-20-30(37(46)49)35(47)41-9-1-2-23-3-6-28-29(36(48)44-33(28)15-23)17-27-16-26(19-42-27)25-5-8-34(43-18-25)45-10-12-50-13-11-45/h1-8,14-20,22,42H,9-13,21H2,(H,41,47)(H,44,48)/b2-1+,29-17-. The Bertz CT molecular complexity index is 2200. The largest absolute Gasteiger partial charge is 0.378 e. The molecule has 1 fully saturated rings. The number of rotatable bonds is 9. The highest BCUT2D eigenvalue weighted by Gasteiger charge is 2.24. The summed E-state index contributed by atoms with van der Waals surface area (Å²) in [5.74, 6) is -1.94. The number of aromatic amines is 1. The van der Waals surface area contributed by atoms with Crippen LogP contribution in [-0.2, 0) is 16.1 Å². The molecule has 0 radical (unpaired) electrons. The molecule has 0 aliphatic carbocycles. The number of anilines is 2. The van der Waals surface area contributed by atoms with Crippen molar-refractivity contribution in [2.75, 3.05) is 43.1 Å². The number of hydrogen-bond acceptors (Lipinski definition) is 7. The monoisotopic (exact) mass is 675 g/mol. The lowest BCUT2D eigenvalue weighted by atomic mass is 10.0. The lowest BCUT2D eigenvalue weighted by Crippen LogP contribution is -2.36. The van der Waals surface area contributed by atoms with E-state index in [0.717, 1.165) is 69.8 Å². The number of benzene rings is 2. The van der Waals surface area contributed by atoms with Crippen LogP contribution < -0.4 is 21.1 Å². The minimum absolute atomic E-state index is 0.0793. The molecule has 13 heteroatoms. The molecule has 2 amide bonds. The average Bonchev–Trinajstić information content (AvgIpc) is 3.73.